The van der Waals surface area contributed by atoms with Gasteiger partial charge in [-0.25, -0.2) is 4.39 Å². The van der Waals surface area contributed by atoms with E-state index in [1.165, 1.54) is 12.1 Å². The summed E-state index contributed by atoms with van der Waals surface area (Å²) in [6, 6.07) is 19.1. The first-order valence-electron chi connectivity index (χ1n) is 7.16. The maximum atomic E-state index is 13.0. The highest BCUT2D eigenvalue weighted by molar-refractivity contribution is 5.60. The van der Waals surface area contributed by atoms with Crippen LogP contribution in [0.1, 0.15) is 5.56 Å². The van der Waals surface area contributed by atoms with E-state index in [1.54, 1.807) is 24.3 Å². The topological polar surface area (TPSA) is 39.2 Å². The molecule has 0 saturated heterocycles. The van der Waals surface area contributed by atoms with Gasteiger partial charge >= 0.3 is 0 Å². The van der Waals surface area contributed by atoms with Crippen LogP contribution in [0.2, 0.25) is 0 Å². The summed E-state index contributed by atoms with van der Waals surface area (Å²) in [6.45, 7) is 0.302. The molecule has 0 atom stereocenters. The lowest BCUT2D eigenvalue weighted by Gasteiger charge is -2.05. The van der Waals surface area contributed by atoms with Gasteiger partial charge in [-0.3, -0.25) is 9.78 Å². The van der Waals surface area contributed by atoms with E-state index in [2.05, 4.69) is 4.98 Å². The molecule has 0 aliphatic carbocycles. The molecule has 0 aliphatic heterocycles. The Kier molecular flexibility index (Phi) is 4.43. The standard InChI is InChI=1S/C19H14FNO2/c20-15-10-11-17(21-12-15)16-8-4-5-9-18(19(16)22)23-13-14-6-2-1-3-7-14/h1-12H,13H2. The fourth-order valence-corrected chi connectivity index (χ4v) is 2.16. The predicted octanol–water partition coefficient (Wildman–Crippen LogP) is 3.83. The van der Waals surface area contributed by atoms with Crippen LogP contribution < -0.4 is 10.2 Å². The summed E-state index contributed by atoms with van der Waals surface area (Å²) in [6.07, 6.45) is 1.09. The van der Waals surface area contributed by atoms with Gasteiger partial charge in [0.15, 0.2) is 5.75 Å². The van der Waals surface area contributed by atoms with E-state index in [0.29, 0.717) is 17.9 Å². The summed E-state index contributed by atoms with van der Waals surface area (Å²) in [5, 5.41) is 0. The van der Waals surface area contributed by atoms with Gasteiger partial charge in [-0.15, -0.1) is 0 Å². The Bertz CT molecular complexity index is 849. The molecule has 0 saturated carbocycles. The highest BCUT2D eigenvalue weighted by Crippen LogP contribution is 2.16. The van der Waals surface area contributed by atoms with Crippen molar-refractivity contribution in [1.82, 2.24) is 4.98 Å². The maximum Gasteiger partial charge on any atom is 0.229 e. The molecule has 0 unspecified atom stereocenters. The third-order valence-corrected chi connectivity index (χ3v) is 3.33. The van der Waals surface area contributed by atoms with Crippen LogP contribution in [0.25, 0.3) is 11.3 Å². The molecule has 1 aromatic heterocycles. The number of nitrogens with zero attached hydrogens (tertiary/aromatic N) is 1. The van der Waals surface area contributed by atoms with Gasteiger partial charge in [-0.1, -0.05) is 42.5 Å². The highest BCUT2D eigenvalue weighted by Gasteiger charge is 2.08. The molecular formula is C19H14FNO2. The maximum absolute atomic E-state index is 13.0. The van der Waals surface area contributed by atoms with E-state index < -0.39 is 5.82 Å². The number of benzene rings is 1. The third kappa shape index (κ3) is 3.61. The van der Waals surface area contributed by atoms with Crippen molar-refractivity contribution in [1.29, 1.82) is 0 Å². The molecule has 0 aliphatic rings. The lowest BCUT2D eigenvalue weighted by atomic mass is 10.2. The second-order valence-electron chi connectivity index (χ2n) is 4.96. The molecule has 0 spiro atoms. The minimum atomic E-state index is -0.443. The van der Waals surface area contributed by atoms with E-state index >= 15 is 0 Å². The van der Waals surface area contributed by atoms with Gasteiger partial charge in [-0.05, 0) is 29.8 Å². The van der Waals surface area contributed by atoms with Gasteiger partial charge < -0.3 is 4.74 Å². The molecule has 0 N–H and O–H groups in total. The van der Waals surface area contributed by atoms with Gasteiger partial charge in [0.05, 0.1) is 17.5 Å². The number of ether oxygens (including phenoxy) is 1. The monoisotopic (exact) mass is 307 g/mol. The van der Waals surface area contributed by atoms with Gasteiger partial charge in [0, 0.05) is 0 Å². The SMILES string of the molecule is O=c1c(OCc2ccccc2)ccccc1-c1ccc(F)cn1. The van der Waals surface area contributed by atoms with Crippen LogP contribution in [0.15, 0.2) is 77.7 Å². The fourth-order valence-electron chi connectivity index (χ4n) is 2.16. The van der Waals surface area contributed by atoms with Crippen molar-refractivity contribution < 1.29 is 9.13 Å². The Labute approximate surface area is 133 Å². The van der Waals surface area contributed by atoms with Gasteiger partial charge in [0.1, 0.15) is 12.4 Å². The van der Waals surface area contributed by atoms with E-state index in [-0.39, 0.29) is 11.2 Å². The molecule has 0 fully saturated rings. The average Bonchev–Trinajstić information content (AvgIpc) is 2.77. The first-order chi connectivity index (χ1) is 11.2. The van der Waals surface area contributed by atoms with E-state index in [9.17, 15) is 9.18 Å². The molecule has 0 bridgehead atoms. The van der Waals surface area contributed by atoms with Crippen molar-refractivity contribution in [2.24, 2.45) is 0 Å². The normalized spacial score (nSPS) is 10.3. The lowest BCUT2D eigenvalue weighted by molar-refractivity contribution is 0.304. The molecular weight excluding hydrogens is 293 g/mol. The summed E-state index contributed by atoms with van der Waals surface area (Å²) >= 11 is 0. The molecule has 23 heavy (non-hydrogen) atoms. The van der Waals surface area contributed by atoms with E-state index in [1.807, 2.05) is 30.3 Å². The van der Waals surface area contributed by atoms with E-state index in [0.717, 1.165) is 11.8 Å². The molecule has 3 rings (SSSR count). The Hall–Kier alpha value is -3.01. The minimum Gasteiger partial charge on any atom is -0.485 e. The number of aromatic nitrogens is 1. The smallest absolute Gasteiger partial charge is 0.229 e. The van der Waals surface area contributed by atoms with E-state index in [4.69, 9.17) is 4.74 Å². The highest BCUT2D eigenvalue weighted by atomic mass is 19.1. The Morgan fingerprint density at radius 2 is 1.65 bits per heavy atom. The van der Waals surface area contributed by atoms with Crippen molar-refractivity contribution in [3.63, 3.8) is 0 Å². The van der Waals surface area contributed by atoms with Crippen LogP contribution in [-0.2, 0) is 6.61 Å². The van der Waals surface area contributed by atoms with Crippen LogP contribution in [0.5, 0.6) is 5.75 Å². The largest absolute Gasteiger partial charge is 0.485 e. The quantitative estimate of drug-likeness (QED) is 0.735. The van der Waals surface area contributed by atoms with Crippen LogP contribution in [-0.4, -0.2) is 4.98 Å². The molecule has 114 valence electrons. The molecule has 1 heterocycles. The number of pyridine rings is 1. The summed E-state index contributed by atoms with van der Waals surface area (Å²) in [7, 11) is 0. The lowest BCUT2D eigenvalue weighted by Crippen LogP contribution is -2.08. The molecule has 0 amide bonds. The van der Waals surface area contributed by atoms with Crippen LogP contribution in [0, 0.1) is 5.82 Å². The number of rotatable bonds is 4. The fraction of sp³-hybridized carbons (Fsp3) is 0.0526. The zero-order chi connectivity index (χ0) is 16.1. The van der Waals surface area contributed by atoms with Gasteiger partial charge in [0.25, 0.3) is 0 Å². The first kappa shape index (κ1) is 14.9. The van der Waals surface area contributed by atoms with Crippen molar-refractivity contribution in [3.8, 4) is 17.0 Å². The summed E-state index contributed by atoms with van der Waals surface area (Å²) in [4.78, 5) is 16.6. The van der Waals surface area contributed by atoms with Crippen LogP contribution in [0.4, 0.5) is 4.39 Å². The average molecular weight is 307 g/mol. The summed E-state index contributed by atoms with van der Waals surface area (Å²) in [5.74, 6) is -0.206. The molecule has 4 heteroatoms. The molecule has 3 nitrogen and oxygen atoms in total. The molecule has 3 aromatic rings. The second-order valence-corrected chi connectivity index (χ2v) is 4.96. The Morgan fingerprint density at radius 1 is 0.913 bits per heavy atom. The van der Waals surface area contributed by atoms with Crippen LogP contribution >= 0.6 is 0 Å². The van der Waals surface area contributed by atoms with Gasteiger partial charge in [-0.2, -0.15) is 0 Å². The molecule has 0 radical (unpaired) electrons. The number of hydrogen-bond donors (Lipinski definition) is 0. The van der Waals surface area contributed by atoms with Gasteiger partial charge in [0.2, 0.25) is 5.43 Å². The van der Waals surface area contributed by atoms with Crippen molar-refractivity contribution in [2.45, 2.75) is 6.61 Å². The van der Waals surface area contributed by atoms with Crippen LogP contribution in [0.3, 0.4) is 0 Å². The second kappa shape index (κ2) is 6.83. The number of hydrogen-bond acceptors (Lipinski definition) is 3. The zero-order valence-corrected chi connectivity index (χ0v) is 12.3. The minimum absolute atomic E-state index is 0.236. The summed E-state index contributed by atoms with van der Waals surface area (Å²) < 4.78 is 18.7. The first-order valence-corrected chi connectivity index (χ1v) is 7.16. The zero-order valence-electron chi connectivity index (χ0n) is 12.3. The van der Waals surface area contributed by atoms with Crippen molar-refractivity contribution >= 4 is 0 Å². The Morgan fingerprint density at radius 3 is 2.39 bits per heavy atom. The van der Waals surface area contributed by atoms with Crippen molar-refractivity contribution in [2.75, 3.05) is 0 Å². The molecule has 2 aromatic carbocycles. The Balaban J connectivity index is 1.93. The van der Waals surface area contributed by atoms with Crippen molar-refractivity contribution in [3.05, 3.63) is 94.5 Å². The number of halogens is 1. The third-order valence-electron chi connectivity index (χ3n) is 3.33. The predicted molar refractivity (Wildman–Crippen MR) is 86.7 cm³/mol. The summed E-state index contributed by atoms with van der Waals surface area (Å²) in [5.41, 5.74) is 1.49.